The number of rotatable bonds is 5. The monoisotopic (exact) mass is 336 g/mol. The summed E-state index contributed by atoms with van der Waals surface area (Å²) in [6, 6.07) is 7.73. The van der Waals surface area contributed by atoms with Gasteiger partial charge in [-0.15, -0.1) is 22.0 Å². The molecule has 7 heteroatoms. The van der Waals surface area contributed by atoms with Gasteiger partial charge in [0.25, 0.3) is 0 Å². The van der Waals surface area contributed by atoms with E-state index < -0.39 is 0 Å². The van der Waals surface area contributed by atoms with Crippen LogP contribution < -0.4 is 5.32 Å². The Kier molecular flexibility index (Phi) is 5.52. The van der Waals surface area contributed by atoms with Crippen LogP contribution in [0.3, 0.4) is 0 Å². The van der Waals surface area contributed by atoms with Crippen LogP contribution in [-0.2, 0) is 11.8 Å². The molecule has 1 amide bonds. The zero-order valence-corrected chi connectivity index (χ0v) is 14.8. The summed E-state index contributed by atoms with van der Waals surface area (Å²) in [6.07, 6.45) is 1.67. The summed E-state index contributed by atoms with van der Waals surface area (Å²) in [7, 11) is 1.91. The Morgan fingerprint density at radius 1 is 1.27 bits per heavy atom. The molecule has 0 aliphatic heterocycles. The number of anilines is 1. The number of hydrogen-bond acceptors (Lipinski definition) is 5. The first-order chi connectivity index (χ1) is 10.3. The summed E-state index contributed by atoms with van der Waals surface area (Å²) in [5.41, 5.74) is 0.807. The van der Waals surface area contributed by atoms with E-state index in [4.69, 9.17) is 0 Å². The standard InChI is InChI=1S/C15H20N4OS2/c1-15(2,3)21-9-13(20)17-11-5-7-12(8-6-11)22-14-18-16-10-19(14)4/h5-8,10H,9H2,1-4H3,(H,17,20). The van der Waals surface area contributed by atoms with Gasteiger partial charge in [-0.05, 0) is 36.0 Å². The molecular weight excluding hydrogens is 316 g/mol. The fourth-order valence-corrected chi connectivity index (χ4v) is 2.95. The Hall–Kier alpha value is -1.47. The molecule has 0 saturated carbocycles. The fourth-order valence-electron chi connectivity index (χ4n) is 1.56. The molecule has 1 heterocycles. The van der Waals surface area contributed by atoms with Crippen LogP contribution in [0.2, 0.25) is 0 Å². The highest BCUT2D eigenvalue weighted by Crippen LogP contribution is 2.27. The maximum absolute atomic E-state index is 11.9. The summed E-state index contributed by atoms with van der Waals surface area (Å²) >= 11 is 3.17. The van der Waals surface area contributed by atoms with E-state index in [1.807, 2.05) is 35.9 Å². The summed E-state index contributed by atoms with van der Waals surface area (Å²) in [4.78, 5) is 12.9. The van der Waals surface area contributed by atoms with E-state index in [0.717, 1.165) is 15.7 Å². The van der Waals surface area contributed by atoms with Crippen molar-refractivity contribution in [1.82, 2.24) is 14.8 Å². The minimum absolute atomic E-state index is 0.0219. The van der Waals surface area contributed by atoms with Gasteiger partial charge in [0.2, 0.25) is 5.91 Å². The fraction of sp³-hybridized carbons (Fsp3) is 0.400. The number of thioether (sulfide) groups is 1. The lowest BCUT2D eigenvalue weighted by atomic mass is 10.3. The number of aromatic nitrogens is 3. The third-order valence-electron chi connectivity index (χ3n) is 2.65. The Balaban J connectivity index is 1.89. The van der Waals surface area contributed by atoms with Crippen LogP contribution in [0.25, 0.3) is 0 Å². The van der Waals surface area contributed by atoms with Gasteiger partial charge in [0.1, 0.15) is 6.33 Å². The van der Waals surface area contributed by atoms with Crippen molar-refractivity contribution in [3.63, 3.8) is 0 Å². The van der Waals surface area contributed by atoms with Crippen molar-refractivity contribution in [1.29, 1.82) is 0 Å². The van der Waals surface area contributed by atoms with Crippen LogP contribution >= 0.6 is 23.5 Å². The minimum atomic E-state index is 0.0219. The number of amides is 1. The molecule has 2 rings (SSSR count). The molecule has 1 N–H and O–H groups in total. The molecule has 0 atom stereocenters. The van der Waals surface area contributed by atoms with Crippen LogP contribution in [0.5, 0.6) is 0 Å². The predicted octanol–water partition coefficient (Wildman–Crippen LogP) is 3.44. The Morgan fingerprint density at radius 3 is 2.50 bits per heavy atom. The molecule has 22 heavy (non-hydrogen) atoms. The van der Waals surface area contributed by atoms with Gasteiger partial charge in [-0.1, -0.05) is 20.8 Å². The first-order valence-corrected chi connectivity index (χ1v) is 8.69. The molecule has 0 radical (unpaired) electrons. The zero-order chi connectivity index (χ0) is 16.2. The van der Waals surface area contributed by atoms with Gasteiger partial charge in [-0.25, -0.2) is 0 Å². The summed E-state index contributed by atoms with van der Waals surface area (Å²) in [5, 5.41) is 11.6. The number of carbonyl (C=O) groups excluding carboxylic acids is 1. The summed E-state index contributed by atoms with van der Waals surface area (Å²) in [6.45, 7) is 6.30. The van der Waals surface area contributed by atoms with Crippen molar-refractivity contribution in [2.24, 2.45) is 7.05 Å². The summed E-state index contributed by atoms with van der Waals surface area (Å²) in [5.74, 6) is 0.479. The van der Waals surface area contributed by atoms with E-state index in [0.29, 0.717) is 5.75 Å². The van der Waals surface area contributed by atoms with E-state index >= 15 is 0 Å². The largest absolute Gasteiger partial charge is 0.325 e. The molecule has 0 saturated heterocycles. The maximum Gasteiger partial charge on any atom is 0.234 e. The van der Waals surface area contributed by atoms with E-state index in [1.165, 1.54) is 11.8 Å². The highest BCUT2D eigenvalue weighted by molar-refractivity contribution is 8.01. The smallest absolute Gasteiger partial charge is 0.234 e. The molecular formula is C15H20N4OS2. The maximum atomic E-state index is 11.9. The van der Waals surface area contributed by atoms with Crippen molar-refractivity contribution >= 4 is 35.1 Å². The van der Waals surface area contributed by atoms with E-state index in [9.17, 15) is 4.79 Å². The number of benzene rings is 1. The minimum Gasteiger partial charge on any atom is -0.325 e. The third kappa shape index (κ3) is 5.38. The van der Waals surface area contributed by atoms with Gasteiger partial charge in [0, 0.05) is 22.4 Å². The van der Waals surface area contributed by atoms with E-state index in [-0.39, 0.29) is 10.7 Å². The first-order valence-electron chi connectivity index (χ1n) is 6.89. The van der Waals surface area contributed by atoms with Gasteiger partial charge < -0.3 is 9.88 Å². The lowest BCUT2D eigenvalue weighted by molar-refractivity contribution is -0.113. The normalized spacial score (nSPS) is 11.5. The zero-order valence-electron chi connectivity index (χ0n) is 13.2. The molecule has 0 fully saturated rings. The van der Waals surface area contributed by atoms with Crippen molar-refractivity contribution in [3.05, 3.63) is 30.6 Å². The number of aryl methyl sites for hydroxylation is 1. The average molecular weight is 336 g/mol. The Bertz CT molecular complexity index is 632. The van der Waals surface area contributed by atoms with Gasteiger partial charge in [-0.3, -0.25) is 4.79 Å². The molecule has 1 aromatic carbocycles. The molecule has 5 nitrogen and oxygen atoms in total. The third-order valence-corrected chi connectivity index (χ3v) is 4.99. The molecule has 0 aliphatic carbocycles. The lowest BCUT2D eigenvalue weighted by Crippen LogP contribution is -2.18. The SMILES string of the molecule is Cn1cnnc1Sc1ccc(NC(=O)CSC(C)(C)C)cc1. The predicted molar refractivity (Wildman–Crippen MR) is 92.4 cm³/mol. The van der Waals surface area contributed by atoms with Gasteiger partial charge >= 0.3 is 0 Å². The second-order valence-electron chi connectivity index (χ2n) is 5.80. The van der Waals surface area contributed by atoms with Crippen LogP contribution in [0.15, 0.2) is 40.6 Å². The van der Waals surface area contributed by atoms with Crippen LogP contribution in [0.4, 0.5) is 5.69 Å². The highest BCUT2D eigenvalue weighted by Gasteiger charge is 2.13. The Labute approximate surface area is 139 Å². The number of hydrogen-bond donors (Lipinski definition) is 1. The number of nitrogens with zero attached hydrogens (tertiary/aromatic N) is 3. The van der Waals surface area contributed by atoms with Crippen molar-refractivity contribution in [2.75, 3.05) is 11.1 Å². The van der Waals surface area contributed by atoms with E-state index in [1.54, 1.807) is 18.1 Å². The molecule has 1 aromatic heterocycles. The molecule has 0 bridgehead atoms. The van der Waals surface area contributed by atoms with Crippen molar-refractivity contribution in [3.8, 4) is 0 Å². The topological polar surface area (TPSA) is 59.8 Å². The average Bonchev–Trinajstić information content (AvgIpc) is 2.84. The van der Waals surface area contributed by atoms with Crippen molar-refractivity contribution in [2.45, 2.75) is 35.6 Å². The van der Waals surface area contributed by atoms with Crippen LogP contribution in [-0.4, -0.2) is 31.2 Å². The number of nitrogens with one attached hydrogen (secondary N) is 1. The van der Waals surface area contributed by atoms with Crippen molar-refractivity contribution < 1.29 is 4.79 Å². The molecule has 0 unspecified atom stereocenters. The molecule has 118 valence electrons. The molecule has 0 aliphatic rings. The second-order valence-corrected chi connectivity index (χ2v) is 8.64. The Morgan fingerprint density at radius 2 is 1.95 bits per heavy atom. The molecule has 2 aromatic rings. The summed E-state index contributed by atoms with van der Waals surface area (Å²) < 4.78 is 1.96. The van der Waals surface area contributed by atoms with E-state index in [2.05, 4.69) is 36.3 Å². The number of carbonyl (C=O) groups is 1. The molecule has 0 spiro atoms. The van der Waals surface area contributed by atoms with Gasteiger partial charge in [0.05, 0.1) is 5.75 Å². The van der Waals surface area contributed by atoms with Gasteiger partial charge in [0.15, 0.2) is 5.16 Å². The first kappa shape index (κ1) is 16.9. The van der Waals surface area contributed by atoms with Crippen LogP contribution in [0, 0.1) is 0 Å². The van der Waals surface area contributed by atoms with Crippen LogP contribution in [0.1, 0.15) is 20.8 Å². The lowest BCUT2D eigenvalue weighted by Gasteiger charge is -2.17. The van der Waals surface area contributed by atoms with Gasteiger partial charge in [-0.2, -0.15) is 0 Å². The highest BCUT2D eigenvalue weighted by atomic mass is 32.2. The second kappa shape index (κ2) is 7.19. The quantitative estimate of drug-likeness (QED) is 0.906.